The predicted octanol–water partition coefficient (Wildman–Crippen LogP) is 4.00. The van der Waals surface area contributed by atoms with Crippen LogP contribution in [0.1, 0.15) is 49.8 Å². The van der Waals surface area contributed by atoms with Gasteiger partial charge in [-0.1, -0.05) is 44.4 Å². The van der Waals surface area contributed by atoms with Gasteiger partial charge in [-0.2, -0.15) is 0 Å². The van der Waals surface area contributed by atoms with Gasteiger partial charge in [0.25, 0.3) is 0 Å². The van der Waals surface area contributed by atoms with E-state index in [1.54, 1.807) is 0 Å². The van der Waals surface area contributed by atoms with Crippen molar-refractivity contribution in [2.45, 2.75) is 52.9 Å². The standard InChI is InChI=1S/C14H22O/c1-4-6-8-13-10-11(3)9-12(7-5-2)14(13)15/h9-10,15H,4-8H2,1-3H3. The lowest BCUT2D eigenvalue weighted by Crippen LogP contribution is -1.93. The molecular weight excluding hydrogens is 184 g/mol. The summed E-state index contributed by atoms with van der Waals surface area (Å²) < 4.78 is 0. The number of unbranched alkanes of at least 4 members (excludes halogenated alkanes) is 1. The molecule has 0 spiro atoms. The minimum absolute atomic E-state index is 0.538. The molecule has 0 atom stereocenters. The van der Waals surface area contributed by atoms with Crippen LogP contribution in [0.2, 0.25) is 0 Å². The largest absolute Gasteiger partial charge is 0.507 e. The van der Waals surface area contributed by atoms with Gasteiger partial charge in [0.1, 0.15) is 5.75 Å². The van der Waals surface area contributed by atoms with Gasteiger partial charge in [0.15, 0.2) is 0 Å². The van der Waals surface area contributed by atoms with Crippen molar-refractivity contribution >= 4 is 0 Å². The number of hydrogen-bond acceptors (Lipinski definition) is 1. The van der Waals surface area contributed by atoms with Crippen molar-refractivity contribution in [2.24, 2.45) is 0 Å². The number of rotatable bonds is 5. The summed E-state index contributed by atoms with van der Waals surface area (Å²) in [5, 5.41) is 10.1. The molecule has 1 heteroatoms. The maximum absolute atomic E-state index is 10.1. The van der Waals surface area contributed by atoms with Crippen molar-refractivity contribution in [2.75, 3.05) is 0 Å². The Morgan fingerprint density at radius 2 is 1.60 bits per heavy atom. The van der Waals surface area contributed by atoms with E-state index in [4.69, 9.17) is 0 Å². The van der Waals surface area contributed by atoms with E-state index in [1.807, 2.05) is 0 Å². The molecule has 0 bridgehead atoms. The van der Waals surface area contributed by atoms with Crippen LogP contribution in [0.5, 0.6) is 5.75 Å². The molecule has 0 saturated carbocycles. The highest BCUT2D eigenvalue weighted by atomic mass is 16.3. The van der Waals surface area contributed by atoms with Gasteiger partial charge in [-0.15, -0.1) is 0 Å². The van der Waals surface area contributed by atoms with Gasteiger partial charge in [0, 0.05) is 0 Å². The molecule has 0 unspecified atom stereocenters. The number of phenols is 1. The molecule has 0 amide bonds. The summed E-state index contributed by atoms with van der Waals surface area (Å²) in [5.41, 5.74) is 3.51. The third kappa shape index (κ3) is 3.26. The average Bonchev–Trinajstić information content (AvgIpc) is 2.21. The fourth-order valence-corrected chi connectivity index (χ4v) is 1.95. The maximum Gasteiger partial charge on any atom is 0.121 e. The lowest BCUT2D eigenvalue weighted by molar-refractivity contribution is 0.459. The van der Waals surface area contributed by atoms with Gasteiger partial charge in [-0.3, -0.25) is 0 Å². The summed E-state index contributed by atoms with van der Waals surface area (Å²) in [4.78, 5) is 0. The lowest BCUT2D eigenvalue weighted by atomic mass is 9.98. The van der Waals surface area contributed by atoms with Crippen molar-refractivity contribution in [3.8, 4) is 5.75 Å². The second-order valence-corrected chi connectivity index (χ2v) is 4.29. The van der Waals surface area contributed by atoms with Crippen LogP contribution in [-0.4, -0.2) is 5.11 Å². The molecular formula is C14H22O. The van der Waals surface area contributed by atoms with Crippen molar-refractivity contribution in [1.29, 1.82) is 0 Å². The molecule has 15 heavy (non-hydrogen) atoms. The van der Waals surface area contributed by atoms with Crippen molar-refractivity contribution in [3.63, 3.8) is 0 Å². The van der Waals surface area contributed by atoms with Crippen molar-refractivity contribution in [3.05, 3.63) is 28.8 Å². The minimum atomic E-state index is 0.538. The van der Waals surface area contributed by atoms with Gasteiger partial charge < -0.3 is 5.11 Å². The lowest BCUT2D eigenvalue weighted by Gasteiger charge is -2.10. The van der Waals surface area contributed by atoms with Crippen molar-refractivity contribution in [1.82, 2.24) is 0 Å². The molecule has 1 rings (SSSR count). The Bertz CT molecular complexity index is 315. The molecule has 0 fully saturated rings. The van der Waals surface area contributed by atoms with Crippen LogP contribution in [0.4, 0.5) is 0 Å². The zero-order chi connectivity index (χ0) is 11.3. The van der Waals surface area contributed by atoms with Gasteiger partial charge in [0.05, 0.1) is 0 Å². The van der Waals surface area contributed by atoms with E-state index in [0.29, 0.717) is 5.75 Å². The second kappa shape index (κ2) is 5.79. The number of hydrogen-bond donors (Lipinski definition) is 1. The zero-order valence-electron chi connectivity index (χ0n) is 10.1. The summed E-state index contributed by atoms with van der Waals surface area (Å²) >= 11 is 0. The number of aryl methyl sites for hydroxylation is 3. The summed E-state index contributed by atoms with van der Waals surface area (Å²) in [6.45, 7) is 6.43. The SMILES string of the molecule is CCCCc1cc(C)cc(CCC)c1O. The monoisotopic (exact) mass is 206 g/mol. The van der Waals surface area contributed by atoms with Crippen LogP contribution in [0.15, 0.2) is 12.1 Å². The Morgan fingerprint density at radius 1 is 1.00 bits per heavy atom. The van der Waals surface area contributed by atoms with E-state index in [9.17, 15) is 5.11 Å². The number of benzene rings is 1. The summed E-state index contributed by atoms with van der Waals surface area (Å²) in [6.07, 6.45) is 5.40. The highest BCUT2D eigenvalue weighted by Crippen LogP contribution is 2.27. The first-order chi connectivity index (χ1) is 7.19. The topological polar surface area (TPSA) is 20.2 Å². The molecule has 1 aromatic rings. The smallest absolute Gasteiger partial charge is 0.121 e. The molecule has 1 N–H and O–H groups in total. The maximum atomic E-state index is 10.1. The summed E-state index contributed by atoms with van der Waals surface area (Å²) in [6, 6.07) is 4.22. The van der Waals surface area contributed by atoms with Crippen molar-refractivity contribution < 1.29 is 5.11 Å². The molecule has 0 radical (unpaired) electrons. The van der Waals surface area contributed by atoms with Crippen LogP contribution in [-0.2, 0) is 12.8 Å². The van der Waals surface area contributed by atoms with Gasteiger partial charge in [0.2, 0.25) is 0 Å². The average molecular weight is 206 g/mol. The Kier molecular flexibility index (Phi) is 4.67. The molecule has 0 aliphatic carbocycles. The first kappa shape index (κ1) is 12.1. The molecule has 0 heterocycles. The van der Waals surface area contributed by atoms with E-state index in [1.165, 1.54) is 12.0 Å². The summed E-state index contributed by atoms with van der Waals surface area (Å²) in [5.74, 6) is 0.538. The Morgan fingerprint density at radius 3 is 2.13 bits per heavy atom. The van der Waals surface area contributed by atoms with Crippen LogP contribution < -0.4 is 0 Å². The zero-order valence-corrected chi connectivity index (χ0v) is 10.1. The molecule has 0 aromatic heterocycles. The van der Waals surface area contributed by atoms with Gasteiger partial charge >= 0.3 is 0 Å². The molecule has 1 aromatic carbocycles. The molecule has 0 aliphatic heterocycles. The fraction of sp³-hybridized carbons (Fsp3) is 0.571. The van der Waals surface area contributed by atoms with Crippen LogP contribution >= 0.6 is 0 Å². The van der Waals surface area contributed by atoms with Gasteiger partial charge in [-0.25, -0.2) is 0 Å². The summed E-state index contributed by atoms with van der Waals surface area (Å²) in [7, 11) is 0. The van der Waals surface area contributed by atoms with Crippen LogP contribution in [0.3, 0.4) is 0 Å². The highest BCUT2D eigenvalue weighted by Gasteiger charge is 2.07. The van der Waals surface area contributed by atoms with Crippen LogP contribution in [0, 0.1) is 6.92 Å². The highest BCUT2D eigenvalue weighted by molar-refractivity contribution is 5.43. The van der Waals surface area contributed by atoms with E-state index < -0.39 is 0 Å². The third-order valence-corrected chi connectivity index (χ3v) is 2.73. The Labute approximate surface area is 93.1 Å². The second-order valence-electron chi connectivity index (χ2n) is 4.29. The minimum Gasteiger partial charge on any atom is -0.507 e. The normalized spacial score (nSPS) is 10.6. The fourth-order valence-electron chi connectivity index (χ4n) is 1.95. The third-order valence-electron chi connectivity index (χ3n) is 2.73. The Balaban J connectivity index is 2.93. The quantitative estimate of drug-likeness (QED) is 0.772. The first-order valence-corrected chi connectivity index (χ1v) is 6.00. The molecule has 84 valence electrons. The van der Waals surface area contributed by atoms with E-state index >= 15 is 0 Å². The number of phenolic OH excluding ortho intramolecular Hbond substituents is 1. The van der Waals surface area contributed by atoms with E-state index in [0.717, 1.165) is 36.8 Å². The first-order valence-electron chi connectivity index (χ1n) is 6.00. The van der Waals surface area contributed by atoms with Crippen LogP contribution in [0.25, 0.3) is 0 Å². The van der Waals surface area contributed by atoms with E-state index in [2.05, 4.69) is 32.9 Å². The van der Waals surface area contributed by atoms with Gasteiger partial charge in [-0.05, 0) is 37.3 Å². The molecule has 0 aliphatic rings. The molecule has 1 nitrogen and oxygen atoms in total. The van der Waals surface area contributed by atoms with E-state index in [-0.39, 0.29) is 0 Å². The predicted molar refractivity (Wildman–Crippen MR) is 65.5 cm³/mol. The Hall–Kier alpha value is -0.980. The number of aromatic hydroxyl groups is 1. The molecule has 0 saturated heterocycles.